The summed E-state index contributed by atoms with van der Waals surface area (Å²) >= 11 is 5.86. The molecule has 3 aromatic rings. The second-order valence-corrected chi connectivity index (χ2v) is 6.23. The first-order chi connectivity index (χ1) is 11.7. The van der Waals surface area contributed by atoms with Crippen LogP contribution in [0.4, 0.5) is 0 Å². The molecular weight excluding hydrogens is 324 g/mol. The van der Waals surface area contributed by atoms with Gasteiger partial charge in [-0.15, -0.1) is 0 Å². The van der Waals surface area contributed by atoms with Crippen molar-refractivity contribution in [2.24, 2.45) is 0 Å². The van der Waals surface area contributed by atoms with Gasteiger partial charge in [-0.2, -0.15) is 0 Å². The number of imidazole rings is 1. The molecule has 0 bridgehead atoms. The number of halogens is 1. The van der Waals surface area contributed by atoms with Crippen LogP contribution in [0.1, 0.15) is 19.2 Å². The molecule has 3 rings (SSSR count). The maximum Gasteiger partial charge on any atom is 0.119 e. The highest BCUT2D eigenvalue weighted by Gasteiger charge is 2.14. The van der Waals surface area contributed by atoms with Gasteiger partial charge in [-0.25, -0.2) is 4.98 Å². The molecular formula is C19H21ClN2O2. The zero-order valence-corrected chi connectivity index (χ0v) is 14.4. The third kappa shape index (κ3) is 3.89. The Kier molecular flexibility index (Phi) is 5.38. The molecule has 0 amide bonds. The Morgan fingerprint density at radius 2 is 1.92 bits per heavy atom. The topological polar surface area (TPSA) is 47.3 Å². The first-order valence-corrected chi connectivity index (χ1v) is 8.55. The van der Waals surface area contributed by atoms with Gasteiger partial charge in [0.15, 0.2) is 0 Å². The lowest BCUT2D eigenvalue weighted by Gasteiger charge is -2.15. The van der Waals surface area contributed by atoms with E-state index in [2.05, 4.69) is 16.5 Å². The molecule has 0 unspecified atom stereocenters. The molecule has 5 heteroatoms. The normalized spacial score (nSPS) is 12.5. The average molecular weight is 345 g/mol. The smallest absolute Gasteiger partial charge is 0.119 e. The number of fused-ring (bicyclic) bond motifs is 1. The maximum atomic E-state index is 10.4. The summed E-state index contributed by atoms with van der Waals surface area (Å²) in [6.45, 7) is 2.81. The minimum Gasteiger partial charge on any atom is -0.491 e. The fourth-order valence-corrected chi connectivity index (χ4v) is 2.86. The highest BCUT2D eigenvalue weighted by molar-refractivity contribution is 6.30. The van der Waals surface area contributed by atoms with Crippen molar-refractivity contribution in [2.75, 3.05) is 6.61 Å². The standard InChI is InChI=1S/C19H21ClN2O2/c1-2-5-19-21-17-6-3-4-7-18(17)22(19)12-15(23)13-24-16-10-8-14(20)9-11-16/h3-4,6-11,15,23H,2,5,12-13H2,1H3/t15-/m0/s1. The summed E-state index contributed by atoms with van der Waals surface area (Å²) in [4.78, 5) is 4.68. The number of nitrogens with zero attached hydrogens (tertiary/aromatic N) is 2. The molecule has 0 aliphatic heterocycles. The first-order valence-electron chi connectivity index (χ1n) is 8.18. The Morgan fingerprint density at radius 3 is 2.67 bits per heavy atom. The summed E-state index contributed by atoms with van der Waals surface area (Å²) in [6, 6.07) is 15.1. The third-order valence-corrected chi connectivity index (χ3v) is 4.11. The Labute approximate surface area is 146 Å². The zero-order chi connectivity index (χ0) is 16.9. The van der Waals surface area contributed by atoms with Crippen molar-refractivity contribution in [3.8, 4) is 5.75 Å². The molecule has 0 spiro atoms. The molecule has 1 heterocycles. The van der Waals surface area contributed by atoms with E-state index < -0.39 is 6.10 Å². The molecule has 0 saturated heterocycles. The van der Waals surface area contributed by atoms with E-state index >= 15 is 0 Å². The van der Waals surface area contributed by atoms with Crippen molar-refractivity contribution < 1.29 is 9.84 Å². The highest BCUT2D eigenvalue weighted by atomic mass is 35.5. The van der Waals surface area contributed by atoms with Crippen LogP contribution in [0.25, 0.3) is 11.0 Å². The Morgan fingerprint density at radius 1 is 1.17 bits per heavy atom. The number of hydrogen-bond donors (Lipinski definition) is 1. The fraction of sp³-hybridized carbons (Fsp3) is 0.316. The molecule has 2 aromatic carbocycles. The summed E-state index contributed by atoms with van der Waals surface area (Å²) in [6.07, 6.45) is 1.29. The predicted octanol–water partition coefficient (Wildman–Crippen LogP) is 4.08. The number of aliphatic hydroxyl groups excluding tert-OH is 1. The SMILES string of the molecule is CCCc1nc2ccccc2n1C[C@H](O)COc1ccc(Cl)cc1. The highest BCUT2D eigenvalue weighted by Crippen LogP contribution is 2.19. The number of ether oxygens (including phenoxy) is 1. The van der Waals surface area contributed by atoms with E-state index in [1.165, 1.54) is 0 Å². The van der Waals surface area contributed by atoms with Gasteiger partial charge in [0.25, 0.3) is 0 Å². The van der Waals surface area contributed by atoms with Gasteiger partial charge in [0.2, 0.25) is 0 Å². The largest absolute Gasteiger partial charge is 0.491 e. The number of rotatable bonds is 7. The molecule has 0 radical (unpaired) electrons. The van der Waals surface area contributed by atoms with E-state index in [-0.39, 0.29) is 6.61 Å². The van der Waals surface area contributed by atoms with E-state index in [1.807, 2.05) is 24.3 Å². The monoisotopic (exact) mass is 344 g/mol. The average Bonchev–Trinajstić information content (AvgIpc) is 2.92. The fourth-order valence-electron chi connectivity index (χ4n) is 2.73. The van der Waals surface area contributed by atoms with Crippen molar-refractivity contribution in [2.45, 2.75) is 32.4 Å². The van der Waals surface area contributed by atoms with Gasteiger partial charge in [-0.05, 0) is 42.8 Å². The van der Waals surface area contributed by atoms with Gasteiger partial charge in [0.05, 0.1) is 17.6 Å². The Hall–Kier alpha value is -2.04. The summed E-state index contributed by atoms with van der Waals surface area (Å²) in [5, 5.41) is 11.1. The van der Waals surface area contributed by atoms with Gasteiger partial charge >= 0.3 is 0 Å². The van der Waals surface area contributed by atoms with Crippen molar-refractivity contribution in [3.63, 3.8) is 0 Å². The molecule has 0 saturated carbocycles. The van der Waals surface area contributed by atoms with Gasteiger partial charge < -0.3 is 14.4 Å². The number of hydrogen-bond acceptors (Lipinski definition) is 3. The molecule has 126 valence electrons. The van der Waals surface area contributed by atoms with E-state index in [0.29, 0.717) is 17.3 Å². The lowest BCUT2D eigenvalue weighted by atomic mass is 10.3. The summed E-state index contributed by atoms with van der Waals surface area (Å²) in [7, 11) is 0. The number of aliphatic hydroxyl groups is 1. The van der Waals surface area contributed by atoms with Gasteiger partial charge in [-0.3, -0.25) is 0 Å². The van der Waals surface area contributed by atoms with Gasteiger partial charge in [0.1, 0.15) is 24.3 Å². The number of aryl methyl sites for hydroxylation is 1. The van der Waals surface area contributed by atoms with Crippen LogP contribution in [0.5, 0.6) is 5.75 Å². The van der Waals surface area contributed by atoms with E-state index in [0.717, 1.165) is 29.7 Å². The van der Waals surface area contributed by atoms with Crippen molar-refractivity contribution in [1.82, 2.24) is 9.55 Å². The minimum absolute atomic E-state index is 0.222. The number of benzene rings is 2. The van der Waals surface area contributed by atoms with Gasteiger partial charge in [-0.1, -0.05) is 30.7 Å². The molecule has 0 fully saturated rings. The van der Waals surface area contributed by atoms with Crippen molar-refractivity contribution in [3.05, 3.63) is 59.4 Å². The molecule has 0 aliphatic rings. The molecule has 4 nitrogen and oxygen atoms in total. The summed E-state index contributed by atoms with van der Waals surface area (Å²) in [5.41, 5.74) is 2.01. The van der Waals surface area contributed by atoms with Crippen LogP contribution >= 0.6 is 11.6 Å². The maximum absolute atomic E-state index is 10.4. The van der Waals surface area contributed by atoms with Crippen LogP contribution in [0.15, 0.2) is 48.5 Å². The molecule has 1 atom stereocenters. The van der Waals surface area contributed by atoms with Gasteiger partial charge in [0, 0.05) is 11.4 Å². The van der Waals surface area contributed by atoms with E-state index in [4.69, 9.17) is 16.3 Å². The zero-order valence-electron chi connectivity index (χ0n) is 13.7. The van der Waals surface area contributed by atoms with Crippen LogP contribution in [-0.2, 0) is 13.0 Å². The van der Waals surface area contributed by atoms with Crippen LogP contribution in [0.2, 0.25) is 5.02 Å². The Balaban J connectivity index is 1.71. The van der Waals surface area contributed by atoms with Crippen LogP contribution in [-0.4, -0.2) is 27.4 Å². The molecule has 1 N–H and O–H groups in total. The summed E-state index contributed by atoms with van der Waals surface area (Å²) in [5.74, 6) is 1.70. The lowest BCUT2D eigenvalue weighted by Crippen LogP contribution is -2.24. The first kappa shape index (κ1) is 16.8. The van der Waals surface area contributed by atoms with Crippen LogP contribution < -0.4 is 4.74 Å². The van der Waals surface area contributed by atoms with Crippen LogP contribution in [0.3, 0.4) is 0 Å². The van der Waals surface area contributed by atoms with Crippen molar-refractivity contribution in [1.29, 1.82) is 0 Å². The second-order valence-electron chi connectivity index (χ2n) is 5.80. The number of aromatic nitrogens is 2. The second kappa shape index (κ2) is 7.69. The Bertz CT molecular complexity index is 799. The van der Waals surface area contributed by atoms with Crippen molar-refractivity contribution >= 4 is 22.6 Å². The molecule has 1 aromatic heterocycles. The van der Waals surface area contributed by atoms with Crippen LogP contribution in [0, 0.1) is 0 Å². The lowest BCUT2D eigenvalue weighted by molar-refractivity contribution is 0.0927. The molecule has 0 aliphatic carbocycles. The molecule has 24 heavy (non-hydrogen) atoms. The van der Waals surface area contributed by atoms with E-state index in [1.54, 1.807) is 24.3 Å². The predicted molar refractivity (Wildman–Crippen MR) is 96.7 cm³/mol. The van der Waals surface area contributed by atoms with E-state index in [9.17, 15) is 5.11 Å². The number of para-hydroxylation sites is 2. The summed E-state index contributed by atoms with van der Waals surface area (Å²) < 4.78 is 7.73. The quantitative estimate of drug-likeness (QED) is 0.702. The third-order valence-electron chi connectivity index (χ3n) is 3.86. The minimum atomic E-state index is -0.617.